The first-order valence-electron chi connectivity index (χ1n) is 6.34. The lowest BCUT2D eigenvalue weighted by Gasteiger charge is -2.22. The predicted molar refractivity (Wildman–Crippen MR) is 72.1 cm³/mol. The minimum Gasteiger partial charge on any atom is -0.325 e. The highest BCUT2D eigenvalue weighted by Crippen LogP contribution is 2.23. The van der Waals surface area contributed by atoms with E-state index in [0.717, 1.165) is 24.9 Å². The van der Waals surface area contributed by atoms with Gasteiger partial charge in [-0.25, -0.2) is 0 Å². The molecule has 0 saturated carbocycles. The molecule has 1 amide bonds. The number of nitrogens with one attached hydrogen (secondary N) is 2. The van der Waals surface area contributed by atoms with Gasteiger partial charge in [-0.05, 0) is 31.9 Å². The van der Waals surface area contributed by atoms with Gasteiger partial charge >= 0.3 is 0 Å². The van der Waals surface area contributed by atoms with E-state index >= 15 is 0 Å². The summed E-state index contributed by atoms with van der Waals surface area (Å²) < 4.78 is 0. The molecule has 6 nitrogen and oxygen atoms in total. The Morgan fingerprint density at radius 1 is 1.53 bits per heavy atom. The fraction of sp³-hybridized carbons (Fsp3) is 0.462. The molecule has 0 radical (unpaired) electrons. The molecule has 2 rings (SSSR count). The number of piperidine rings is 1. The van der Waals surface area contributed by atoms with Crippen molar-refractivity contribution in [1.29, 1.82) is 0 Å². The number of anilines is 1. The molecule has 1 aromatic rings. The number of aryl methyl sites for hydroxylation is 1. The normalized spacial score (nSPS) is 18.9. The standard InChI is InChI=1S/C13H17N3O3/c1-9-4-5-11(16(18)19)7-12(9)15-13(17)10-3-2-6-14-8-10/h4-5,7,10,14H,2-3,6,8H2,1H3,(H,15,17). The smallest absolute Gasteiger partial charge is 0.271 e. The predicted octanol–water partition coefficient (Wildman–Crippen LogP) is 1.84. The lowest BCUT2D eigenvalue weighted by atomic mass is 9.98. The van der Waals surface area contributed by atoms with Crippen molar-refractivity contribution in [2.45, 2.75) is 19.8 Å². The van der Waals surface area contributed by atoms with Crippen LogP contribution in [0.1, 0.15) is 18.4 Å². The average molecular weight is 263 g/mol. The lowest BCUT2D eigenvalue weighted by molar-refractivity contribution is -0.384. The van der Waals surface area contributed by atoms with Gasteiger partial charge in [-0.2, -0.15) is 0 Å². The molecule has 19 heavy (non-hydrogen) atoms. The third-order valence-electron chi connectivity index (χ3n) is 3.36. The van der Waals surface area contributed by atoms with Gasteiger partial charge in [0.2, 0.25) is 5.91 Å². The summed E-state index contributed by atoms with van der Waals surface area (Å²) in [5.41, 5.74) is 1.33. The average Bonchev–Trinajstić information content (AvgIpc) is 2.42. The Balaban J connectivity index is 2.11. The highest BCUT2D eigenvalue weighted by molar-refractivity contribution is 5.93. The number of hydrogen-bond donors (Lipinski definition) is 2. The van der Waals surface area contributed by atoms with Crippen LogP contribution in [0.15, 0.2) is 18.2 Å². The number of nitro groups is 1. The van der Waals surface area contributed by atoms with Gasteiger partial charge in [0.15, 0.2) is 0 Å². The Hall–Kier alpha value is -1.95. The SMILES string of the molecule is Cc1ccc([N+](=O)[O-])cc1NC(=O)C1CCCNC1. The van der Waals surface area contributed by atoms with Crippen molar-refractivity contribution in [2.24, 2.45) is 5.92 Å². The minimum absolute atomic E-state index is 0.0114. The van der Waals surface area contributed by atoms with Gasteiger partial charge in [0.25, 0.3) is 5.69 Å². The van der Waals surface area contributed by atoms with Crippen molar-refractivity contribution >= 4 is 17.3 Å². The second kappa shape index (κ2) is 5.79. The molecule has 1 atom stereocenters. The summed E-state index contributed by atoms with van der Waals surface area (Å²) in [6.45, 7) is 3.43. The first-order chi connectivity index (χ1) is 9.08. The molecule has 1 aliphatic heterocycles. The summed E-state index contributed by atoms with van der Waals surface area (Å²) in [7, 11) is 0. The van der Waals surface area contributed by atoms with Crippen LogP contribution in [0.2, 0.25) is 0 Å². The molecule has 6 heteroatoms. The van der Waals surface area contributed by atoms with Crippen molar-refractivity contribution in [2.75, 3.05) is 18.4 Å². The van der Waals surface area contributed by atoms with Crippen molar-refractivity contribution < 1.29 is 9.72 Å². The monoisotopic (exact) mass is 263 g/mol. The highest BCUT2D eigenvalue weighted by atomic mass is 16.6. The van der Waals surface area contributed by atoms with Crippen LogP contribution in [-0.2, 0) is 4.79 Å². The summed E-state index contributed by atoms with van der Waals surface area (Å²) >= 11 is 0. The zero-order valence-corrected chi connectivity index (χ0v) is 10.8. The number of rotatable bonds is 3. The fourth-order valence-corrected chi connectivity index (χ4v) is 2.17. The fourth-order valence-electron chi connectivity index (χ4n) is 2.17. The summed E-state index contributed by atoms with van der Waals surface area (Å²) in [6.07, 6.45) is 1.83. The Kier molecular flexibility index (Phi) is 4.11. The summed E-state index contributed by atoms with van der Waals surface area (Å²) in [4.78, 5) is 22.4. The molecule has 1 aromatic carbocycles. The Morgan fingerprint density at radius 3 is 2.95 bits per heavy atom. The Labute approximate surface area is 111 Å². The molecular formula is C13H17N3O3. The van der Waals surface area contributed by atoms with Gasteiger partial charge in [0, 0.05) is 18.7 Å². The first-order valence-corrected chi connectivity index (χ1v) is 6.34. The number of carbonyl (C=O) groups excluding carboxylic acids is 1. The van der Waals surface area contributed by atoms with E-state index in [4.69, 9.17) is 0 Å². The van der Waals surface area contributed by atoms with Crippen LogP contribution < -0.4 is 10.6 Å². The molecule has 102 valence electrons. The third kappa shape index (κ3) is 3.29. The number of nitro benzene ring substituents is 1. The largest absolute Gasteiger partial charge is 0.325 e. The second-order valence-corrected chi connectivity index (χ2v) is 4.79. The summed E-state index contributed by atoms with van der Waals surface area (Å²) in [5, 5.41) is 16.7. The van der Waals surface area contributed by atoms with E-state index in [-0.39, 0.29) is 17.5 Å². The number of carbonyl (C=O) groups is 1. The minimum atomic E-state index is -0.461. The van der Waals surface area contributed by atoms with E-state index in [2.05, 4.69) is 10.6 Å². The van der Waals surface area contributed by atoms with Crippen LogP contribution in [-0.4, -0.2) is 23.9 Å². The van der Waals surface area contributed by atoms with Crippen molar-refractivity contribution in [3.8, 4) is 0 Å². The molecule has 0 spiro atoms. The van der Waals surface area contributed by atoms with Gasteiger partial charge in [-0.3, -0.25) is 14.9 Å². The van der Waals surface area contributed by atoms with Crippen molar-refractivity contribution in [1.82, 2.24) is 5.32 Å². The van der Waals surface area contributed by atoms with Crippen LogP contribution in [0, 0.1) is 23.0 Å². The van der Waals surface area contributed by atoms with Crippen LogP contribution in [0.3, 0.4) is 0 Å². The second-order valence-electron chi connectivity index (χ2n) is 4.79. The van der Waals surface area contributed by atoms with E-state index in [0.29, 0.717) is 12.2 Å². The molecule has 1 aliphatic rings. The number of non-ortho nitro benzene ring substituents is 1. The van der Waals surface area contributed by atoms with E-state index in [1.165, 1.54) is 12.1 Å². The van der Waals surface area contributed by atoms with E-state index < -0.39 is 4.92 Å². The van der Waals surface area contributed by atoms with Crippen LogP contribution in [0.25, 0.3) is 0 Å². The number of hydrogen-bond acceptors (Lipinski definition) is 4. The molecule has 0 aromatic heterocycles. The topological polar surface area (TPSA) is 84.3 Å². The highest BCUT2D eigenvalue weighted by Gasteiger charge is 2.21. The van der Waals surface area contributed by atoms with Gasteiger partial charge in [-0.1, -0.05) is 6.07 Å². The van der Waals surface area contributed by atoms with E-state index in [1.807, 2.05) is 6.92 Å². The first kappa shape index (κ1) is 13.5. The Morgan fingerprint density at radius 2 is 2.32 bits per heavy atom. The lowest BCUT2D eigenvalue weighted by Crippen LogP contribution is -2.37. The maximum absolute atomic E-state index is 12.1. The number of amides is 1. The summed E-state index contributed by atoms with van der Waals surface area (Å²) in [5.74, 6) is -0.136. The van der Waals surface area contributed by atoms with Crippen LogP contribution in [0.4, 0.5) is 11.4 Å². The van der Waals surface area contributed by atoms with Crippen LogP contribution in [0.5, 0.6) is 0 Å². The zero-order valence-electron chi connectivity index (χ0n) is 10.8. The molecule has 1 unspecified atom stereocenters. The third-order valence-corrected chi connectivity index (χ3v) is 3.36. The maximum Gasteiger partial charge on any atom is 0.271 e. The quantitative estimate of drug-likeness (QED) is 0.643. The molecule has 0 aliphatic carbocycles. The molecule has 0 bridgehead atoms. The molecule has 2 N–H and O–H groups in total. The van der Waals surface area contributed by atoms with Crippen LogP contribution >= 0.6 is 0 Å². The number of benzene rings is 1. The Bertz CT molecular complexity index is 496. The van der Waals surface area contributed by atoms with Gasteiger partial charge < -0.3 is 10.6 Å². The molecule has 1 fully saturated rings. The number of nitrogens with zero attached hydrogens (tertiary/aromatic N) is 1. The maximum atomic E-state index is 12.1. The van der Waals surface area contributed by atoms with Gasteiger partial charge in [0.1, 0.15) is 0 Å². The van der Waals surface area contributed by atoms with Gasteiger partial charge in [-0.15, -0.1) is 0 Å². The zero-order chi connectivity index (χ0) is 13.8. The van der Waals surface area contributed by atoms with Crippen molar-refractivity contribution in [3.63, 3.8) is 0 Å². The molecular weight excluding hydrogens is 246 g/mol. The molecule has 1 saturated heterocycles. The molecule has 1 heterocycles. The summed E-state index contributed by atoms with van der Waals surface area (Å²) in [6, 6.07) is 4.49. The van der Waals surface area contributed by atoms with E-state index in [9.17, 15) is 14.9 Å². The van der Waals surface area contributed by atoms with Crippen molar-refractivity contribution in [3.05, 3.63) is 33.9 Å². The van der Waals surface area contributed by atoms with E-state index in [1.54, 1.807) is 6.07 Å². The van der Waals surface area contributed by atoms with Gasteiger partial charge in [0.05, 0.1) is 16.5 Å².